The quantitative estimate of drug-likeness (QED) is 0.788. The fourth-order valence-corrected chi connectivity index (χ4v) is 2.07. The van der Waals surface area contributed by atoms with E-state index in [0.29, 0.717) is 10.6 Å². The van der Waals surface area contributed by atoms with Crippen LogP contribution >= 0.6 is 24.0 Å². The average molecular weight is 236 g/mol. The second-order valence-corrected chi connectivity index (χ2v) is 3.69. The first-order chi connectivity index (χ1) is 6.29. The second-order valence-electron chi connectivity index (χ2n) is 3.28. The Morgan fingerprint density at radius 2 is 2.21 bits per heavy atom. The van der Waals surface area contributed by atoms with Gasteiger partial charge in [0.2, 0.25) is 0 Å². The molecule has 0 saturated carbocycles. The molecule has 1 heterocycles. The molecular formula is C10H12Cl2FN. The Balaban J connectivity index is 0.000000980. The summed E-state index contributed by atoms with van der Waals surface area (Å²) in [7, 11) is 0. The van der Waals surface area contributed by atoms with Crippen LogP contribution in [0.15, 0.2) is 18.2 Å². The molecule has 1 aliphatic heterocycles. The zero-order valence-electron chi connectivity index (χ0n) is 7.59. The Hall–Kier alpha value is -0.310. The minimum absolute atomic E-state index is 0. The molecule has 1 saturated heterocycles. The summed E-state index contributed by atoms with van der Waals surface area (Å²) >= 11 is 5.93. The highest BCUT2D eigenvalue weighted by atomic mass is 35.5. The van der Waals surface area contributed by atoms with Crippen molar-refractivity contribution in [3.05, 3.63) is 34.6 Å². The van der Waals surface area contributed by atoms with Crippen LogP contribution in [0.1, 0.15) is 24.4 Å². The fourth-order valence-electron chi connectivity index (χ4n) is 1.77. The van der Waals surface area contributed by atoms with Crippen molar-refractivity contribution in [3.8, 4) is 0 Å². The summed E-state index contributed by atoms with van der Waals surface area (Å²) in [5.41, 5.74) is 0.627. The third-order valence-corrected chi connectivity index (χ3v) is 2.74. The molecule has 0 radical (unpaired) electrons. The Kier molecular flexibility index (Phi) is 4.17. The molecule has 14 heavy (non-hydrogen) atoms. The van der Waals surface area contributed by atoms with E-state index in [1.54, 1.807) is 12.1 Å². The van der Waals surface area contributed by atoms with Crippen molar-refractivity contribution in [2.24, 2.45) is 0 Å². The molecule has 1 aliphatic rings. The molecule has 4 heteroatoms. The van der Waals surface area contributed by atoms with Gasteiger partial charge in [-0.2, -0.15) is 0 Å². The van der Waals surface area contributed by atoms with Crippen LogP contribution in [0.4, 0.5) is 4.39 Å². The van der Waals surface area contributed by atoms with Crippen LogP contribution in [0.3, 0.4) is 0 Å². The normalized spacial score (nSPS) is 20.6. The minimum Gasteiger partial charge on any atom is -0.310 e. The molecular weight excluding hydrogens is 224 g/mol. The summed E-state index contributed by atoms with van der Waals surface area (Å²) in [4.78, 5) is 0. The summed E-state index contributed by atoms with van der Waals surface area (Å²) in [6, 6.07) is 4.94. The highest BCUT2D eigenvalue weighted by Crippen LogP contribution is 2.30. The highest BCUT2D eigenvalue weighted by molar-refractivity contribution is 6.31. The molecule has 1 unspecified atom stereocenters. The molecule has 0 amide bonds. The van der Waals surface area contributed by atoms with Gasteiger partial charge in [0.25, 0.3) is 0 Å². The average Bonchev–Trinajstić information content (AvgIpc) is 2.57. The van der Waals surface area contributed by atoms with Gasteiger partial charge in [0.05, 0.1) is 0 Å². The molecule has 1 aromatic rings. The predicted molar refractivity (Wildman–Crippen MR) is 58.6 cm³/mol. The van der Waals surface area contributed by atoms with Gasteiger partial charge in [0.1, 0.15) is 5.82 Å². The number of hydrogen-bond acceptors (Lipinski definition) is 1. The maximum atomic E-state index is 13.4. The molecule has 1 nitrogen and oxygen atoms in total. The van der Waals surface area contributed by atoms with Crippen LogP contribution in [0, 0.1) is 5.82 Å². The summed E-state index contributed by atoms with van der Waals surface area (Å²) < 4.78 is 13.4. The van der Waals surface area contributed by atoms with E-state index in [1.807, 2.05) is 0 Å². The topological polar surface area (TPSA) is 12.0 Å². The van der Waals surface area contributed by atoms with E-state index in [4.69, 9.17) is 11.6 Å². The predicted octanol–water partition coefficient (Wildman–Crippen LogP) is 3.33. The van der Waals surface area contributed by atoms with E-state index in [9.17, 15) is 4.39 Å². The zero-order valence-corrected chi connectivity index (χ0v) is 9.17. The highest BCUT2D eigenvalue weighted by Gasteiger charge is 2.21. The van der Waals surface area contributed by atoms with Crippen LogP contribution in [0.25, 0.3) is 0 Å². The van der Waals surface area contributed by atoms with Crippen LogP contribution in [-0.2, 0) is 0 Å². The van der Waals surface area contributed by atoms with Gasteiger partial charge in [-0.3, -0.25) is 0 Å². The first-order valence-corrected chi connectivity index (χ1v) is 4.84. The summed E-state index contributed by atoms with van der Waals surface area (Å²) in [6.07, 6.45) is 2.07. The number of rotatable bonds is 1. The second kappa shape index (κ2) is 4.96. The first kappa shape index (κ1) is 11.8. The van der Waals surface area contributed by atoms with E-state index in [0.717, 1.165) is 19.4 Å². The van der Waals surface area contributed by atoms with Crippen molar-refractivity contribution in [1.29, 1.82) is 0 Å². The van der Waals surface area contributed by atoms with E-state index in [1.165, 1.54) is 6.07 Å². The molecule has 2 rings (SSSR count). The number of nitrogens with one attached hydrogen (secondary N) is 1. The fraction of sp³-hybridized carbons (Fsp3) is 0.400. The zero-order chi connectivity index (χ0) is 9.26. The minimum atomic E-state index is -0.202. The summed E-state index contributed by atoms with van der Waals surface area (Å²) in [5.74, 6) is -0.202. The van der Waals surface area contributed by atoms with Crippen LogP contribution in [-0.4, -0.2) is 6.54 Å². The van der Waals surface area contributed by atoms with Crippen molar-refractivity contribution in [1.82, 2.24) is 5.32 Å². The lowest BCUT2D eigenvalue weighted by atomic mass is 10.0. The van der Waals surface area contributed by atoms with Gasteiger partial charge in [0.15, 0.2) is 0 Å². The Labute approximate surface area is 94.1 Å². The maximum absolute atomic E-state index is 13.4. The van der Waals surface area contributed by atoms with E-state index in [2.05, 4.69) is 5.32 Å². The van der Waals surface area contributed by atoms with Gasteiger partial charge in [0, 0.05) is 16.6 Å². The lowest BCUT2D eigenvalue weighted by Gasteiger charge is -2.12. The third-order valence-electron chi connectivity index (χ3n) is 2.41. The third kappa shape index (κ3) is 2.19. The standard InChI is InChI=1S/C10H11ClFN.ClH/c11-7-3-1-4-8(12)10(7)9-5-2-6-13-9;/h1,3-4,9,13H,2,5-6H2;1H. The summed E-state index contributed by atoms with van der Waals surface area (Å²) in [5, 5.41) is 3.76. The first-order valence-electron chi connectivity index (χ1n) is 4.46. The van der Waals surface area contributed by atoms with Gasteiger partial charge in [-0.25, -0.2) is 4.39 Å². The molecule has 78 valence electrons. The molecule has 0 aliphatic carbocycles. The lowest BCUT2D eigenvalue weighted by molar-refractivity contribution is 0.559. The van der Waals surface area contributed by atoms with Gasteiger partial charge in [-0.1, -0.05) is 17.7 Å². The monoisotopic (exact) mass is 235 g/mol. The van der Waals surface area contributed by atoms with E-state index >= 15 is 0 Å². The van der Waals surface area contributed by atoms with Crippen LogP contribution in [0.5, 0.6) is 0 Å². The molecule has 0 spiro atoms. The van der Waals surface area contributed by atoms with Crippen LogP contribution in [0.2, 0.25) is 5.02 Å². The SMILES string of the molecule is Cl.Fc1cccc(Cl)c1C1CCCN1. The molecule has 1 N–H and O–H groups in total. The van der Waals surface area contributed by atoms with E-state index < -0.39 is 0 Å². The molecule has 1 aromatic carbocycles. The van der Waals surface area contributed by atoms with Crippen molar-refractivity contribution in [2.75, 3.05) is 6.54 Å². The van der Waals surface area contributed by atoms with Gasteiger partial charge < -0.3 is 5.32 Å². The Morgan fingerprint density at radius 1 is 1.43 bits per heavy atom. The number of benzene rings is 1. The Bertz CT molecular complexity index is 291. The molecule has 1 atom stereocenters. The number of halogens is 3. The van der Waals surface area contributed by atoms with Crippen molar-refractivity contribution < 1.29 is 4.39 Å². The van der Waals surface area contributed by atoms with Crippen molar-refractivity contribution in [3.63, 3.8) is 0 Å². The van der Waals surface area contributed by atoms with Crippen molar-refractivity contribution >= 4 is 24.0 Å². The van der Waals surface area contributed by atoms with Gasteiger partial charge >= 0.3 is 0 Å². The molecule has 0 bridgehead atoms. The number of hydrogen-bond donors (Lipinski definition) is 1. The van der Waals surface area contributed by atoms with Gasteiger partial charge in [-0.05, 0) is 31.5 Å². The largest absolute Gasteiger partial charge is 0.310 e. The Morgan fingerprint density at radius 3 is 2.79 bits per heavy atom. The molecule has 1 fully saturated rings. The van der Waals surface area contributed by atoms with Crippen LogP contribution < -0.4 is 5.32 Å². The lowest BCUT2D eigenvalue weighted by Crippen LogP contribution is -2.14. The molecule has 0 aromatic heterocycles. The smallest absolute Gasteiger partial charge is 0.129 e. The van der Waals surface area contributed by atoms with Gasteiger partial charge in [-0.15, -0.1) is 12.4 Å². The van der Waals surface area contributed by atoms with Crippen molar-refractivity contribution in [2.45, 2.75) is 18.9 Å². The maximum Gasteiger partial charge on any atom is 0.129 e. The summed E-state index contributed by atoms with van der Waals surface area (Å²) in [6.45, 7) is 0.954. The van der Waals surface area contributed by atoms with E-state index in [-0.39, 0.29) is 24.3 Å².